The molecular weight excluding hydrogens is 377 g/mol. The second kappa shape index (κ2) is 9.21. The molecule has 0 aliphatic carbocycles. The third-order valence-corrected chi connectivity index (χ3v) is 4.43. The Hall–Kier alpha value is -1.83. The van der Waals surface area contributed by atoms with Crippen molar-refractivity contribution in [3.05, 3.63) is 35.1 Å². The molecule has 2 heterocycles. The monoisotopic (exact) mass is 399 g/mol. The molecule has 0 spiro atoms. The third-order valence-electron chi connectivity index (χ3n) is 4.20. The van der Waals surface area contributed by atoms with Gasteiger partial charge in [-0.05, 0) is 51.1 Å². The molecular formula is C17H23Cl2N5O2. The minimum Gasteiger partial charge on any atom is -0.481 e. The van der Waals surface area contributed by atoms with Crippen molar-refractivity contribution < 1.29 is 9.53 Å². The fourth-order valence-corrected chi connectivity index (χ4v) is 2.96. The van der Waals surface area contributed by atoms with Crippen molar-refractivity contribution in [3.8, 4) is 5.75 Å². The zero-order valence-corrected chi connectivity index (χ0v) is 16.3. The first kappa shape index (κ1) is 20.5. The van der Waals surface area contributed by atoms with Gasteiger partial charge in [0.15, 0.2) is 11.9 Å². The first-order chi connectivity index (χ1) is 12.0. The summed E-state index contributed by atoms with van der Waals surface area (Å²) in [5.41, 5.74) is 0. The molecule has 1 aromatic carbocycles. The summed E-state index contributed by atoms with van der Waals surface area (Å²) in [6.07, 6.45) is 1.33. The van der Waals surface area contributed by atoms with Crippen molar-refractivity contribution in [1.29, 1.82) is 0 Å². The van der Waals surface area contributed by atoms with Crippen LogP contribution in [-0.4, -0.2) is 39.9 Å². The van der Waals surface area contributed by atoms with Crippen LogP contribution in [0.4, 0.5) is 5.95 Å². The Morgan fingerprint density at radius 1 is 1.42 bits per heavy atom. The van der Waals surface area contributed by atoms with Gasteiger partial charge in [-0.3, -0.25) is 10.1 Å². The predicted octanol–water partition coefficient (Wildman–Crippen LogP) is 2.76. The number of aryl methyl sites for hydroxylation is 1. The lowest BCUT2D eigenvalue weighted by Gasteiger charge is -2.19. The number of nitrogens with one attached hydrogen (secondary N) is 2. The molecule has 1 atom stereocenters. The molecule has 1 aliphatic rings. The Balaban J connectivity index is 0.00000243. The van der Waals surface area contributed by atoms with Crippen LogP contribution >= 0.6 is 24.0 Å². The van der Waals surface area contributed by atoms with E-state index < -0.39 is 6.10 Å². The minimum absolute atomic E-state index is 0. The van der Waals surface area contributed by atoms with Crippen LogP contribution in [0.15, 0.2) is 24.3 Å². The topological polar surface area (TPSA) is 81.1 Å². The van der Waals surface area contributed by atoms with E-state index in [1.54, 1.807) is 42.9 Å². The van der Waals surface area contributed by atoms with Crippen LogP contribution in [0.2, 0.25) is 5.02 Å². The van der Waals surface area contributed by atoms with Gasteiger partial charge in [-0.1, -0.05) is 17.7 Å². The molecule has 9 heteroatoms. The van der Waals surface area contributed by atoms with E-state index in [4.69, 9.17) is 16.3 Å². The fourth-order valence-electron chi connectivity index (χ4n) is 2.78. The van der Waals surface area contributed by atoms with Crippen molar-refractivity contribution in [1.82, 2.24) is 20.1 Å². The molecule has 2 N–H and O–H groups in total. The van der Waals surface area contributed by atoms with E-state index >= 15 is 0 Å². The number of benzene rings is 1. The number of carbonyl (C=O) groups excluding carboxylic acids is 1. The minimum atomic E-state index is -0.683. The number of hydrogen-bond acceptors (Lipinski definition) is 5. The van der Waals surface area contributed by atoms with Crippen LogP contribution in [0, 0.1) is 0 Å². The van der Waals surface area contributed by atoms with Crippen molar-refractivity contribution in [2.24, 2.45) is 7.05 Å². The number of amides is 1. The Labute approximate surface area is 163 Å². The molecule has 1 aromatic heterocycles. The van der Waals surface area contributed by atoms with E-state index in [0.717, 1.165) is 31.8 Å². The highest BCUT2D eigenvalue weighted by Crippen LogP contribution is 2.23. The molecule has 142 valence electrons. The molecule has 1 aliphatic heterocycles. The number of rotatable bonds is 5. The van der Waals surface area contributed by atoms with Gasteiger partial charge in [0.05, 0.1) is 0 Å². The summed E-state index contributed by atoms with van der Waals surface area (Å²) in [5.74, 6) is 1.80. The second-order valence-corrected chi connectivity index (χ2v) is 6.58. The van der Waals surface area contributed by atoms with Crippen LogP contribution in [-0.2, 0) is 11.8 Å². The molecule has 0 radical (unpaired) electrons. The van der Waals surface area contributed by atoms with Crippen LogP contribution in [0.5, 0.6) is 5.75 Å². The lowest BCUT2D eigenvalue weighted by atomic mass is 9.98. The standard InChI is InChI=1S/C17H22ClN5O2.ClH/c1-11(25-14-5-3-4-13(18)10-14)16(24)21-17-20-15(22-23(17)2)12-6-8-19-9-7-12;/h3-5,10-12,19H,6-9H2,1-2H3,(H,20,21,22,24);1H. The molecule has 0 saturated carbocycles. The maximum atomic E-state index is 12.4. The Morgan fingerprint density at radius 2 is 2.15 bits per heavy atom. The zero-order valence-electron chi connectivity index (χ0n) is 14.7. The highest BCUT2D eigenvalue weighted by atomic mass is 35.5. The molecule has 26 heavy (non-hydrogen) atoms. The van der Waals surface area contributed by atoms with Crippen LogP contribution in [0.1, 0.15) is 31.5 Å². The summed E-state index contributed by atoms with van der Waals surface area (Å²) in [4.78, 5) is 16.9. The molecule has 1 unspecified atom stereocenters. The van der Waals surface area contributed by atoms with Crippen molar-refractivity contribution in [3.63, 3.8) is 0 Å². The predicted molar refractivity (Wildman–Crippen MR) is 103 cm³/mol. The van der Waals surface area contributed by atoms with Gasteiger partial charge in [0, 0.05) is 18.0 Å². The highest BCUT2D eigenvalue weighted by molar-refractivity contribution is 6.30. The quantitative estimate of drug-likeness (QED) is 0.807. The van der Waals surface area contributed by atoms with Crippen LogP contribution in [0.3, 0.4) is 0 Å². The summed E-state index contributed by atoms with van der Waals surface area (Å²) in [7, 11) is 1.77. The lowest BCUT2D eigenvalue weighted by Crippen LogP contribution is -2.31. The largest absolute Gasteiger partial charge is 0.481 e. The zero-order chi connectivity index (χ0) is 17.8. The van der Waals surface area contributed by atoms with Gasteiger partial charge in [0.1, 0.15) is 5.75 Å². The number of nitrogens with zero attached hydrogens (tertiary/aromatic N) is 3. The molecule has 3 rings (SSSR count). The van der Waals surface area contributed by atoms with Gasteiger partial charge < -0.3 is 10.1 Å². The van der Waals surface area contributed by atoms with Crippen molar-refractivity contribution in [2.45, 2.75) is 31.8 Å². The van der Waals surface area contributed by atoms with E-state index in [-0.39, 0.29) is 18.3 Å². The number of halogens is 2. The average molecular weight is 400 g/mol. The van der Waals surface area contributed by atoms with Gasteiger partial charge in [-0.15, -0.1) is 12.4 Å². The molecule has 1 fully saturated rings. The normalized spacial score (nSPS) is 15.8. The number of ether oxygens (including phenoxy) is 1. The Bertz CT molecular complexity index is 747. The number of carbonyl (C=O) groups is 1. The summed E-state index contributed by atoms with van der Waals surface area (Å²) in [6, 6.07) is 6.95. The van der Waals surface area contributed by atoms with E-state index in [1.807, 2.05) is 0 Å². The number of piperidine rings is 1. The van der Waals surface area contributed by atoms with Crippen LogP contribution < -0.4 is 15.4 Å². The molecule has 1 amide bonds. The number of aromatic nitrogens is 3. The lowest BCUT2D eigenvalue weighted by molar-refractivity contribution is -0.122. The summed E-state index contributed by atoms with van der Waals surface area (Å²) >= 11 is 5.93. The maximum absolute atomic E-state index is 12.4. The molecule has 0 bridgehead atoms. The summed E-state index contributed by atoms with van der Waals surface area (Å²) in [5, 5.41) is 11.1. The Kier molecular flexibility index (Phi) is 7.25. The van der Waals surface area contributed by atoms with E-state index in [2.05, 4.69) is 20.7 Å². The SMILES string of the molecule is CC(Oc1cccc(Cl)c1)C(=O)Nc1nc(C2CCNCC2)nn1C.Cl. The smallest absolute Gasteiger partial charge is 0.267 e. The van der Waals surface area contributed by atoms with E-state index in [1.165, 1.54) is 0 Å². The summed E-state index contributed by atoms with van der Waals surface area (Å²) in [6.45, 7) is 3.62. The highest BCUT2D eigenvalue weighted by Gasteiger charge is 2.23. The maximum Gasteiger partial charge on any atom is 0.267 e. The van der Waals surface area contributed by atoms with Gasteiger partial charge in [-0.25, -0.2) is 4.68 Å². The number of anilines is 1. The van der Waals surface area contributed by atoms with Gasteiger partial charge in [0.25, 0.3) is 5.91 Å². The van der Waals surface area contributed by atoms with E-state index in [0.29, 0.717) is 22.6 Å². The van der Waals surface area contributed by atoms with Gasteiger partial charge >= 0.3 is 0 Å². The first-order valence-electron chi connectivity index (χ1n) is 8.37. The molecule has 7 nitrogen and oxygen atoms in total. The molecule has 2 aromatic rings. The van der Waals surface area contributed by atoms with E-state index in [9.17, 15) is 4.79 Å². The van der Waals surface area contributed by atoms with Gasteiger partial charge in [-0.2, -0.15) is 10.1 Å². The van der Waals surface area contributed by atoms with Gasteiger partial charge in [0.2, 0.25) is 5.95 Å². The Morgan fingerprint density at radius 3 is 2.85 bits per heavy atom. The van der Waals surface area contributed by atoms with Crippen LogP contribution in [0.25, 0.3) is 0 Å². The number of hydrogen-bond donors (Lipinski definition) is 2. The third kappa shape index (κ3) is 5.09. The second-order valence-electron chi connectivity index (χ2n) is 6.15. The summed E-state index contributed by atoms with van der Waals surface area (Å²) < 4.78 is 7.23. The molecule has 1 saturated heterocycles. The first-order valence-corrected chi connectivity index (χ1v) is 8.75. The van der Waals surface area contributed by atoms with Crippen molar-refractivity contribution in [2.75, 3.05) is 18.4 Å². The average Bonchev–Trinajstić information content (AvgIpc) is 2.96. The van der Waals surface area contributed by atoms with Crippen molar-refractivity contribution >= 4 is 35.9 Å². The fraction of sp³-hybridized carbons (Fsp3) is 0.471.